The topological polar surface area (TPSA) is 108 Å². The monoisotopic (exact) mass is 359 g/mol. The number of hydrogen-bond acceptors (Lipinski definition) is 5. The van der Waals surface area contributed by atoms with Crippen molar-refractivity contribution in [2.45, 2.75) is 18.7 Å². The predicted molar refractivity (Wildman–Crippen MR) is 91.0 cm³/mol. The van der Waals surface area contributed by atoms with Gasteiger partial charge in [-0.2, -0.15) is 5.26 Å². The van der Waals surface area contributed by atoms with E-state index in [4.69, 9.17) is 10.00 Å². The summed E-state index contributed by atoms with van der Waals surface area (Å²) in [6, 6.07) is 12.7. The number of amides is 1. The van der Waals surface area contributed by atoms with E-state index in [2.05, 4.69) is 5.43 Å². The Kier molecular flexibility index (Phi) is 5.75. The number of nitriles is 1. The second kappa shape index (κ2) is 7.79. The molecule has 2 aromatic carbocycles. The van der Waals surface area contributed by atoms with Crippen LogP contribution in [-0.4, -0.2) is 20.9 Å². The molecule has 130 valence electrons. The van der Waals surface area contributed by atoms with Gasteiger partial charge in [0.15, 0.2) is 6.61 Å². The van der Waals surface area contributed by atoms with Gasteiger partial charge in [0.25, 0.3) is 15.9 Å². The lowest BCUT2D eigenvalue weighted by molar-refractivity contribution is -0.123. The van der Waals surface area contributed by atoms with Crippen molar-refractivity contribution in [2.75, 3.05) is 6.61 Å². The summed E-state index contributed by atoms with van der Waals surface area (Å²) in [5, 5.41) is 8.81. The highest BCUT2D eigenvalue weighted by atomic mass is 32.2. The summed E-state index contributed by atoms with van der Waals surface area (Å²) in [5.74, 6) is -0.138. The second-order valence-electron chi connectivity index (χ2n) is 5.33. The van der Waals surface area contributed by atoms with Gasteiger partial charge in [0.1, 0.15) is 5.75 Å². The van der Waals surface area contributed by atoms with Crippen LogP contribution in [0.1, 0.15) is 16.7 Å². The summed E-state index contributed by atoms with van der Waals surface area (Å²) < 4.78 is 29.5. The zero-order valence-electron chi connectivity index (χ0n) is 13.7. The molecule has 0 saturated heterocycles. The van der Waals surface area contributed by atoms with E-state index in [1.54, 1.807) is 12.1 Å². The summed E-state index contributed by atoms with van der Waals surface area (Å²) in [5.41, 5.74) is 4.40. The van der Waals surface area contributed by atoms with Gasteiger partial charge in [0.05, 0.1) is 16.5 Å². The zero-order chi connectivity index (χ0) is 18.4. The molecule has 0 radical (unpaired) electrons. The highest BCUT2D eigenvalue weighted by molar-refractivity contribution is 7.89. The maximum atomic E-state index is 12.1. The SMILES string of the molecule is Cc1ccc(OCC(=O)NNS(=O)(=O)c2cccc(C#N)c2)cc1C. The summed E-state index contributed by atoms with van der Waals surface area (Å²) in [6.07, 6.45) is 0. The molecule has 0 fully saturated rings. The van der Waals surface area contributed by atoms with Crippen molar-refractivity contribution in [1.82, 2.24) is 10.3 Å². The lowest BCUT2D eigenvalue weighted by Gasteiger charge is -2.10. The quantitative estimate of drug-likeness (QED) is 0.761. The Balaban J connectivity index is 1.92. The Labute approximate surface area is 146 Å². The van der Waals surface area contributed by atoms with Crippen LogP contribution in [0, 0.1) is 25.2 Å². The Hall–Kier alpha value is -2.89. The molecule has 0 aromatic heterocycles. The van der Waals surface area contributed by atoms with E-state index < -0.39 is 15.9 Å². The molecule has 2 aromatic rings. The van der Waals surface area contributed by atoms with E-state index in [1.165, 1.54) is 24.3 Å². The number of benzene rings is 2. The number of nitrogens with zero attached hydrogens (tertiary/aromatic N) is 1. The van der Waals surface area contributed by atoms with Crippen LogP contribution >= 0.6 is 0 Å². The van der Waals surface area contributed by atoms with Crippen LogP contribution in [0.15, 0.2) is 47.4 Å². The Morgan fingerprint density at radius 3 is 2.60 bits per heavy atom. The minimum atomic E-state index is -3.97. The third kappa shape index (κ3) is 5.04. The van der Waals surface area contributed by atoms with E-state index >= 15 is 0 Å². The first-order valence-electron chi connectivity index (χ1n) is 7.33. The summed E-state index contributed by atoms with van der Waals surface area (Å²) in [7, 11) is -3.97. The second-order valence-corrected chi connectivity index (χ2v) is 7.01. The molecular weight excluding hydrogens is 342 g/mol. The standard InChI is InChI=1S/C17H17N3O4S/c1-12-6-7-15(8-13(12)2)24-11-17(21)19-20-25(22,23)16-5-3-4-14(9-16)10-18/h3-9,20H,11H2,1-2H3,(H,19,21). The van der Waals surface area contributed by atoms with Crippen LogP contribution in [0.2, 0.25) is 0 Å². The molecule has 0 atom stereocenters. The van der Waals surface area contributed by atoms with Gasteiger partial charge in [0.2, 0.25) is 0 Å². The number of sulfonamides is 1. The van der Waals surface area contributed by atoms with Gasteiger partial charge in [-0.1, -0.05) is 12.1 Å². The smallest absolute Gasteiger partial charge is 0.272 e. The minimum absolute atomic E-state index is 0.123. The Morgan fingerprint density at radius 2 is 1.92 bits per heavy atom. The van der Waals surface area contributed by atoms with Crippen molar-refractivity contribution in [3.05, 3.63) is 59.2 Å². The third-order valence-electron chi connectivity index (χ3n) is 3.45. The highest BCUT2D eigenvalue weighted by Crippen LogP contribution is 2.16. The van der Waals surface area contributed by atoms with Crippen molar-refractivity contribution < 1.29 is 17.9 Å². The number of carbonyl (C=O) groups is 1. The molecule has 0 heterocycles. The van der Waals surface area contributed by atoms with Gasteiger partial charge >= 0.3 is 0 Å². The largest absolute Gasteiger partial charge is 0.484 e. The number of rotatable bonds is 6. The molecule has 0 spiro atoms. The minimum Gasteiger partial charge on any atom is -0.484 e. The lowest BCUT2D eigenvalue weighted by atomic mass is 10.1. The molecule has 2 rings (SSSR count). The summed E-state index contributed by atoms with van der Waals surface area (Å²) in [4.78, 5) is 13.6. The lowest BCUT2D eigenvalue weighted by Crippen LogP contribution is -2.43. The molecule has 1 amide bonds. The van der Waals surface area contributed by atoms with Crippen molar-refractivity contribution in [3.63, 3.8) is 0 Å². The Bertz CT molecular complexity index is 933. The number of hydrogen-bond donors (Lipinski definition) is 2. The number of ether oxygens (including phenoxy) is 1. The fraction of sp³-hybridized carbons (Fsp3) is 0.176. The molecule has 0 aliphatic rings. The van der Waals surface area contributed by atoms with Crippen molar-refractivity contribution >= 4 is 15.9 Å². The average molecular weight is 359 g/mol. The predicted octanol–water partition coefficient (Wildman–Crippen LogP) is 1.56. The normalized spacial score (nSPS) is 10.8. The van der Waals surface area contributed by atoms with E-state index in [0.717, 1.165) is 11.1 Å². The van der Waals surface area contributed by atoms with Gasteiger partial charge in [0, 0.05) is 0 Å². The number of aryl methyl sites for hydroxylation is 2. The summed E-state index contributed by atoms with van der Waals surface area (Å²) >= 11 is 0. The number of nitrogens with one attached hydrogen (secondary N) is 2. The molecule has 0 aliphatic carbocycles. The van der Waals surface area contributed by atoms with Crippen LogP contribution in [0.4, 0.5) is 0 Å². The molecule has 2 N–H and O–H groups in total. The number of hydrazine groups is 1. The van der Waals surface area contributed by atoms with Gasteiger partial charge in [-0.3, -0.25) is 10.2 Å². The molecule has 8 heteroatoms. The van der Waals surface area contributed by atoms with Crippen LogP contribution in [-0.2, 0) is 14.8 Å². The van der Waals surface area contributed by atoms with Crippen LogP contribution in [0.5, 0.6) is 5.75 Å². The van der Waals surface area contributed by atoms with Gasteiger partial charge in [-0.25, -0.2) is 8.42 Å². The molecule has 0 unspecified atom stereocenters. The van der Waals surface area contributed by atoms with Gasteiger partial charge in [-0.15, -0.1) is 4.83 Å². The van der Waals surface area contributed by atoms with Gasteiger partial charge in [-0.05, 0) is 55.3 Å². The third-order valence-corrected chi connectivity index (χ3v) is 4.69. The molecule has 25 heavy (non-hydrogen) atoms. The first-order valence-corrected chi connectivity index (χ1v) is 8.81. The Morgan fingerprint density at radius 1 is 1.16 bits per heavy atom. The fourth-order valence-corrected chi connectivity index (χ4v) is 2.81. The van der Waals surface area contributed by atoms with E-state index in [0.29, 0.717) is 5.75 Å². The van der Waals surface area contributed by atoms with Gasteiger partial charge < -0.3 is 4.74 Å². The van der Waals surface area contributed by atoms with E-state index in [1.807, 2.05) is 30.8 Å². The molecule has 0 saturated carbocycles. The molecular formula is C17H17N3O4S. The maximum absolute atomic E-state index is 12.1. The summed E-state index contributed by atoms with van der Waals surface area (Å²) in [6.45, 7) is 3.54. The van der Waals surface area contributed by atoms with Crippen LogP contribution < -0.4 is 15.0 Å². The van der Waals surface area contributed by atoms with Crippen molar-refractivity contribution in [2.24, 2.45) is 0 Å². The van der Waals surface area contributed by atoms with E-state index in [9.17, 15) is 13.2 Å². The molecule has 0 aliphatic heterocycles. The van der Waals surface area contributed by atoms with E-state index in [-0.39, 0.29) is 17.1 Å². The zero-order valence-corrected chi connectivity index (χ0v) is 14.6. The maximum Gasteiger partial charge on any atom is 0.272 e. The first-order chi connectivity index (χ1) is 11.8. The average Bonchev–Trinajstić information content (AvgIpc) is 2.61. The van der Waals surface area contributed by atoms with Crippen LogP contribution in [0.25, 0.3) is 0 Å². The fourth-order valence-electron chi connectivity index (χ4n) is 1.90. The highest BCUT2D eigenvalue weighted by Gasteiger charge is 2.15. The first kappa shape index (κ1) is 18.4. The number of carbonyl (C=O) groups excluding carboxylic acids is 1. The van der Waals surface area contributed by atoms with Crippen LogP contribution in [0.3, 0.4) is 0 Å². The van der Waals surface area contributed by atoms with Crippen molar-refractivity contribution in [3.8, 4) is 11.8 Å². The van der Waals surface area contributed by atoms with Crippen molar-refractivity contribution in [1.29, 1.82) is 5.26 Å². The molecule has 7 nitrogen and oxygen atoms in total. The molecule has 0 bridgehead atoms.